The Kier molecular flexibility index (Phi) is 3.64. The van der Waals surface area contributed by atoms with Gasteiger partial charge in [-0.15, -0.1) is 0 Å². The van der Waals surface area contributed by atoms with Crippen molar-refractivity contribution >= 4 is 0 Å². The van der Waals surface area contributed by atoms with Crippen LogP contribution in [0.2, 0.25) is 0 Å². The van der Waals surface area contributed by atoms with Crippen LogP contribution in [0, 0.1) is 5.92 Å². The number of ether oxygens (including phenoxy) is 1. The van der Waals surface area contributed by atoms with Gasteiger partial charge in [0, 0.05) is 11.5 Å². The van der Waals surface area contributed by atoms with Crippen molar-refractivity contribution in [3.8, 4) is 17.2 Å². The zero-order chi connectivity index (χ0) is 15.8. The Morgan fingerprint density at radius 2 is 1.57 bits per heavy atom. The predicted octanol–water partition coefficient (Wildman–Crippen LogP) is 4.90. The molecule has 0 aromatic heterocycles. The van der Waals surface area contributed by atoms with Gasteiger partial charge in [-0.05, 0) is 54.7 Å². The second-order valence-corrected chi connectivity index (χ2v) is 6.76. The van der Waals surface area contributed by atoms with Gasteiger partial charge in [-0.3, -0.25) is 0 Å². The smallest absolute Gasteiger partial charge is 0.127 e. The molecule has 0 spiro atoms. The number of hydrogen-bond donors (Lipinski definition) is 2. The first-order valence-corrected chi connectivity index (χ1v) is 8.51. The largest absolute Gasteiger partial charge is 0.508 e. The van der Waals surface area contributed by atoms with Gasteiger partial charge >= 0.3 is 0 Å². The van der Waals surface area contributed by atoms with Crippen LogP contribution < -0.4 is 4.74 Å². The van der Waals surface area contributed by atoms with Crippen molar-refractivity contribution in [2.75, 3.05) is 0 Å². The SMILES string of the molecule is Oc1ccc([C@H]2Oc3ccc(O)cc3[C@H]3CCCCC[C@H]32)cc1. The molecule has 1 saturated carbocycles. The molecule has 1 heterocycles. The Hall–Kier alpha value is -2.16. The van der Waals surface area contributed by atoms with E-state index in [1.54, 1.807) is 18.2 Å². The molecular formula is C20H22O3. The number of aromatic hydroxyl groups is 2. The van der Waals surface area contributed by atoms with Crippen molar-refractivity contribution in [3.63, 3.8) is 0 Å². The van der Waals surface area contributed by atoms with Crippen molar-refractivity contribution in [3.05, 3.63) is 53.6 Å². The van der Waals surface area contributed by atoms with Crippen LogP contribution in [-0.2, 0) is 0 Å². The molecule has 0 radical (unpaired) electrons. The highest BCUT2D eigenvalue weighted by Crippen LogP contribution is 2.52. The molecule has 0 bridgehead atoms. The van der Waals surface area contributed by atoms with E-state index in [1.807, 2.05) is 24.3 Å². The van der Waals surface area contributed by atoms with Crippen molar-refractivity contribution < 1.29 is 14.9 Å². The molecule has 0 saturated heterocycles. The molecule has 3 heteroatoms. The molecule has 2 N–H and O–H groups in total. The van der Waals surface area contributed by atoms with E-state index in [2.05, 4.69) is 0 Å². The summed E-state index contributed by atoms with van der Waals surface area (Å²) in [6.07, 6.45) is 6.05. The second kappa shape index (κ2) is 5.80. The Morgan fingerprint density at radius 1 is 0.826 bits per heavy atom. The molecule has 0 unspecified atom stereocenters. The van der Waals surface area contributed by atoms with Gasteiger partial charge in [0.1, 0.15) is 23.4 Å². The number of fused-ring (bicyclic) bond motifs is 3. The van der Waals surface area contributed by atoms with Gasteiger partial charge in [0.15, 0.2) is 0 Å². The molecule has 1 aliphatic heterocycles. The van der Waals surface area contributed by atoms with E-state index in [9.17, 15) is 10.2 Å². The molecule has 2 aromatic rings. The van der Waals surface area contributed by atoms with Crippen molar-refractivity contribution in [1.29, 1.82) is 0 Å². The summed E-state index contributed by atoms with van der Waals surface area (Å²) < 4.78 is 6.35. The van der Waals surface area contributed by atoms with Gasteiger partial charge in [0.2, 0.25) is 0 Å². The quantitative estimate of drug-likeness (QED) is 0.788. The van der Waals surface area contributed by atoms with Crippen LogP contribution in [0.25, 0.3) is 0 Å². The lowest BCUT2D eigenvalue weighted by molar-refractivity contribution is 0.0863. The maximum Gasteiger partial charge on any atom is 0.127 e. The number of hydrogen-bond acceptors (Lipinski definition) is 3. The first kappa shape index (κ1) is 14.4. The maximum absolute atomic E-state index is 9.88. The minimum atomic E-state index is 0.0238. The summed E-state index contributed by atoms with van der Waals surface area (Å²) >= 11 is 0. The summed E-state index contributed by atoms with van der Waals surface area (Å²) in [4.78, 5) is 0. The fourth-order valence-corrected chi connectivity index (χ4v) is 4.22. The average molecular weight is 310 g/mol. The summed E-state index contributed by atoms with van der Waals surface area (Å²) in [5, 5.41) is 19.4. The first-order chi connectivity index (χ1) is 11.2. The third-order valence-electron chi connectivity index (χ3n) is 5.33. The van der Waals surface area contributed by atoms with Gasteiger partial charge in [-0.1, -0.05) is 31.4 Å². The van der Waals surface area contributed by atoms with Crippen LogP contribution in [0.5, 0.6) is 17.2 Å². The minimum Gasteiger partial charge on any atom is -0.508 e. The fraction of sp³-hybridized carbons (Fsp3) is 0.400. The van der Waals surface area contributed by atoms with E-state index in [0.717, 1.165) is 29.7 Å². The third kappa shape index (κ3) is 2.65. The Morgan fingerprint density at radius 3 is 2.39 bits per heavy atom. The highest BCUT2D eigenvalue weighted by atomic mass is 16.5. The van der Waals surface area contributed by atoms with Crippen molar-refractivity contribution in [2.45, 2.75) is 44.1 Å². The molecule has 120 valence electrons. The molecule has 4 rings (SSSR count). The van der Waals surface area contributed by atoms with Crippen LogP contribution in [0.1, 0.15) is 55.3 Å². The molecule has 3 nitrogen and oxygen atoms in total. The number of benzene rings is 2. The van der Waals surface area contributed by atoms with E-state index in [1.165, 1.54) is 19.3 Å². The van der Waals surface area contributed by atoms with Crippen LogP contribution in [-0.4, -0.2) is 10.2 Å². The number of phenolic OH excluding ortho intramolecular Hbond substituents is 2. The molecule has 3 atom stereocenters. The van der Waals surface area contributed by atoms with Gasteiger partial charge in [0.05, 0.1) is 0 Å². The highest BCUT2D eigenvalue weighted by molar-refractivity contribution is 5.45. The summed E-state index contributed by atoms with van der Waals surface area (Å²) in [5.41, 5.74) is 2.28. The Balaban J connectivity index is 1.78. The monoisotopic (exact) mass is 310 g/mol. The number of rotatable bonds is 1. The highest BCUT2D eigenvalue weighted by Gasteiger charge is 2.39. The Labute approximate surface area is 136 Å². The minimum absolute atomic E-state index is 0.0238. The topological polar surface area (TPSA) is 49.7 Å². The van der Waals surface area contributed by atoms with Gasteiger partial charge in [-0.2, -0.15) is 0 Å². The van der Waals surface area contributed by atoms with Crippen LogP contribution >= 0.6 is 0 Å². The summed E-state index contributed by atoms with van der Waals surface area (Å²) in [7, 11) is 0. The third-order valence-corrected chi connectivity index (χ3v) is 5.33. The molecule has 1 fully saturated rings. The van der Waals surface area contributed by atoms with E-state index < -0.39 is 0 Å². The lowest BCUT2D eigenvalue weighted by atomic mass is 9.75. The second-order valence-electron chi connectivity index (χ2n) is 6.76. The molecule has 23 heavy (non-hydrogen) atoms. The lowest BCUT2D eigenvalue weighted by Gasteiger charge is -2.39. The summed E-state index contributed by atoms with van der Waals surface area (Å²) in [6, 6.07) is 12.9. The van der Waals surface area contributed by atoms with E-state index >= 15 is 0 Å². The van der Waals surface area contributed by atoms with E-state index in [-0.39, 0.29) is 11.9 Å². The van der Waals surface area contributed by atoms with Crippen molar-refractivity contribution in [1.82, 2.24) is 0 Å². The standard InChI is InChI=1S/C20H22O3/c21-14-8-6-13(7-9-14)20-17-5-3-1-2-4-16(17)18-12-15(22)10-11-19(18)23-20/h6-12,16-17,20-22H,1-5H2/t16-,17+,20+/m0/s1. The van der Waals surface area contributed by atoms with Crippen LogP contribution in [0.3, 0.4) is 0 Å². The van der Waals surface area contributed by atoms with Crippen LogP contribution in [0.15, 0.2) is 42.5 Å². The number of phenols is 2. The van der Waals surface area contributed by atoms with Gasteiger partial charge < -0.3 is 14.9 Å². The fourth-order valence-electron chi connectivity index (χ4n) is 4.22. The molecule has 2 aromatic carbocycles. The van der Waals surface area contributed by atoms with E-state index in [0.29, 0.717) is 17.6 Å². The molecule has 1 aliphatic carbocycles. The summed E-state index contributed by atoms with van der Waals surface area (Å²) in [5.74, 6) is 2.36. The zero-order valence-electron chi connectivity index (χ0n) is 13.1. The van der Waals surface area contributed by atoms with Gasteiger partial charge in [-0.25, -0.2) is 0 Å². The Bertz CT molecular complexity index is 693. The maximum atomic E-state index is 9.88. The van der Waals surface area contributed by atoms with Gasteiger partial charge in [0.25, 0.3) is 0 Å². The molecule has 2 aliphatic rings. The van der Waals surface area contributed by atoms with Crippen molar-refractivity contribution in [2.24, 2.45) is 5.92 Å². The van der Waals surface area contributed by atoms with E-state index in [4.69, 9.17) is 4.74 Å². The zero-order valence-corrected chi connectivity index (χ0v) is 13.1. The summed E-state index contributed by atoms with van der Waals surface area (Å²) in [6.45, 7) is 0. The predicted molar refractivity (Wildman–Crippen MR) is 88.9 cm³/mol. The lowest BCUT2D eigenvalue weighted by Crippen LogP contribution is -2.29. The molecule has 0 amide bonds. The molecular weight excluding hydrogens is 288 g/mol. The normalized spacial score (nSPS) is 26.5. The first-order valence-electron chi connectivity index (χ1n) is 8.51. The van der Waals surface area contributed by atoms with Crippen LogP contribution in [0.4, 0.5) is 0 Å². The average Bonchev–Trinajstić information content (AvgIpc) is 2.81.